The quantitative estimate of drug-likeness (QED) is 0.798. The highest BCUT2D eigenvalue weighted by Crippen LogP contribution is 2.28. The van der Waals surface area contributed by atoms with E-state index < -0.39 is 5.91 Å². The number of carbonyl (C=O) groups excluding carboxylic acids is 2. The SMILES string of the molecule is COCC(=O)Nc1ccc(OC)cc1NC(=O)c1cc(C(C)C)no1. The van der Waals surface area contributed by atoms with Crippen LogP contribution in [-0.2, 0) is 9.53 Å². The molecule has 2 aromatic rings. The lowest BCUT2D eigenvalue weighted by molar-refractivity contribution is -0.119. The zero-order valence-corrected chi connectivity index (χ0v) is 14.6. The van der Waals surface area contributed by atoms with E-state index >= 15 is 0 Å². The molecule has 1 aromatic heterocycles. The highest BCUT2D eigenvalue weighted by Gasteiger charge is 2.17. The molecule has 2 amide bonds. The smallest absolute Gasteiger partial charge is 0.294 e. The molecule has 0 unspecified atom stereocenters. The van der Waals surface area contributed by atoms with Crippen LogP contribution in [0, 0.1) is 0 Å². The van der Waals surface area contributed by atoms with Gasteiger partial charge in [-0.25, -0.2) is 0 Å². The maximum absolute atomic E-state index is 12.4. The molecule has 1 heterocycles. The second-order valence-corrected chi connectivity index (χ2v) is 5.62. The van der Waals surface area contributed by atoms with E-state index in [-0.39, 0.29) is 24.2 Å². The lowest BCUT2D eigenvalue weighted by atomic mass is 10.1. The number of rotatable bonds is 7. The summed E-state index contributed by atoms with van der Waals surface area (Å²) in [7, 11) is 2.93. The Bertz CT molecular complexity index is 754. The van der Waals surface area contributed by atoms with E-state index in [9.17, 15) is 9.59 Å². The summed E-state index contributed by atoms with van der Waals surface area (Å²) in [6, 6.07) is 6.48. The van der Waals surface area contributed by atoms with Crippen molar-refractivity contribution < 1.29 is 23.6 Å². The van der Waals surface area contributed by atoms with Crippen LogP contribution in [0.5, 0.6) is 5.75 Å². The first-order valence-electron chi connectivity index (χ1n) is 7.69. The fraction of sp³-hybridized carbons (Fsp3) is 0.353. The molecule has 0 fully saturated rings. The van der Waals surface area contributed by atoms with Crippen molar-refractivity contribution >= 4 is 23.2 Å². The molecule has 0 radical (unpaired) electrons. The van der Waals surface area contributed by atoms with Gasteiger partial charge >= 0.3 is 0 Å². The van der Waals surface area contributed by atoms with Crippen LogP contribution < -0.4 is 15.4 Å². The molecule has 0 atom stereocenters. The van der Waals surface area contributed by atoms with Crippen LogP contribution in [0.1, 0.15) is 36.0 Å². The summed E-state index contributed by atoms with van der Waals surface area (Å²) >= 11 is 0. The van der Waals surface area contributed by atoms with Gasteiger partial charge in [-0.15, -0.1) is 0 Å². The predicted octanol–water partition coefficient (Wildman–Crippen LogP) is 2.64. The fourth-order valence-corrected chi connectivity index (χ4v) is 2.03. The lowest BCUT2D eigenvalue weighted by Crippen LogP contribution is -2.19. The van der Waals surface area contributed by atoms with Gasteiger partial charge in [-0.2, -0.15) is 0 Å². The first-order chi connectivity index (χ1) is 11.9. The van der Waals surface area contributed by atoms with Gasteiger partial charge in [-0.1, -0.05) is 19.0 Å². The number of nitrogens with one attached hydrogen (secondary N) is 2. The number of methoxy groups -OCH3 is 2. The summed E-state index contributed by atoms with van der Waals surface area (Å²) in [6.45, 7) is 3.80. The molecule has 134 valence electrons. The Hall–Kier alpha value is -2.87. The number of carbonyl (C=O) groups is 2. The molecule has 0 aliphatic rings. The summed E-state index contributed by atoms with van der Waals surface area (Å²) in [5.74, 6) is -0.0630. The average molecular weight is 347 g/mol. The van der Waals surface area contributed by atoms with Crippen LogP contribution in [0.2, 0.25) is 0 Å². The van der Waals surface area contributed by atoms with Crippen molar-refractivity contribution in [2.24, 2.45) is 0 Å². The molecule has 0 saturated heterocycles. The third-order valence-corrected chi connectivity index (χ3v) is 3.37. The molecule has 8 nitrogen and oxygen atoms in total. The van der Waals surface area contributed by atoms with E-state index in [0.717, 1.165) is 0 Å². The van der Waals surface area contributed by atoms with Crippen molar-refractivity contribution in [2.45, 2.75) is 19.8 Å². The first kappa shape index (κ1) is 18.5. The number of benzene rings is 1. The number of hydrogen-bond acceptors (Lipinski definition) is 6. The Morgan fingerprint density at radius 1 is 1.16 bits per heavy atom. The van der Waals surface area contributed by atoms with E-state index in [1.54, 1.807) is 24.3 Å². The second-order valence-electron chi connectivity index (χ2n) is 5.62. The maximum atomic E-state index is 12.4. The van der Waals surface area contributed by atoms with Crippen LogP contribution >= 0.6 is 0 Å². The van der Waals surface area contributed by atoms with E-state index in [0.29, 0.717) is 22.8 Å². The van der Waals surface area contributed by atoms with Gasteiger partial charge in [0.2, 0.25) is 11.7 Å². The zero-order valence-electron chi connectivity index (χ0n) is 14.6. The summed E-state index contributed by atoms with van der Waals surface area (Å²) < 4.78 is 15.0. The summed E-state index contributed by atoms with van der Waals surface area (Å²) in [5.41, 5.74) is 1.47. The normalized spacial score (nSPS) is 10.6. The van der Waals surface area contributed by atoms with Crippen molar-refractivity contribution in [1.82, 2.24) is 5.16 Å². The molecule has 0 aliphatic heterocycles. The van der Waals surface area contributed by atoms with Crippen LogP contribution in [0.3, 0.4) is 0 Å². The Morgan fingerprint density at radius 3 is 2.52 bits per heavy atom. The highest BCUT2D eigenvalue weighted by molar-refractivity contribution is 6.06. The number of nitrogens with zero attached hydrogens (tertiary/aromatic N) is 1. The average Bonchev–Trinajstić information content (AvgIpc) is 3.07. The highest BCUT2D eigenvalue weighted by atomic mass is 16.5. The third-order valence-electron chi connectivity index (χ3n) is 3.37. The molecule has 2 N–H and O–H groups in total. The minimum absolute atomic E-state index is 0.0840. The van der Waals surface area contributed by atoms with Crippen LogP contribution in [0.15, 0.2) is 28.8 Å². The molecule has 2 rings (SSSR count). The Balaban J connectivity index is 2.22. The van der Waals surface area contributed by atoms with Crippen molar-refractivity contribution in [3.8, 4) is 5.75 Å². The number of ether oxygens (including phenoxy) is 2. The van der Waals surface area contributed by atoms with Gasteiger partial charge in [0.25, 0.3) is 5.91 Å². The Morgan fingerprint density at radius 2 is 1.92 bits per heavy atom. The van der Waals surface area contributed by atoms with Crippen LogP contribution in [0.4, 0.5) is 11.4 Å². The molecule has 8 heteroatoms. The van der Waals surface area contributed by atoms with Gasteiger partial charge in [0, 0.05) is 19.2 Å². The van der Waals surface area contributed by atoms with Crippen molar-refractivity contribution in [3.05, 3.63) is 35.7 Å². The summed E-state index contributed by atoms with van der Waals surface area (Å²) in [6.07, 6.45) is 0. The molecular formula is C17H21N3O5. The molecule has 25 heavy (non-hydrogen) atoms. The number of amides is 2. The topological polar surface area (TPSA) is 103 Å². The van der Waals surface area contributed by atoms with E-state index in [2.05, 4.69) is 15.8 Å². The largest absolute Gasteiger partial charge is 0.497 e. The van der Waals surface area contributed by atoms with Crippen molar-refractivity contribution in [1.29, 1.82) is 0 Å². The van der Waals surface area contributed by atoms with Gasteiger partial charge in [-0.05, 0) is 18.1 Å². The monoisotopic (exact) mass is 347 g/mol. The van der Waals surface area contributed by atoms with E-state index in [1.807, 2.05) is 13.8 Å². The molecule has 1 aromatic carbocycles. The zero-order chi connectivity index (χ0) is 18.4. The molecule has 0 spiro atoms. The summed E-state index contributed by atoms with van der Waals surface area (Å²) in [5, 5.41) is 9.22. The Labute approximate surface area is 145 Å². The third kappa shape index (κ3) is 4.80. The van der Waals surface area contributed by atoms with Crippen molar-refractivity contribution in [3.63, 3.8) is 0 Å². The van der Waals surface area contributed by atoms with E-state index in [4.69, 9.17) is 14.0 Å². The minimum Gasteiger partial charge on any atom is -0.497 e. The minimum atomic E-state index is -0.477. The molecule has 0 aliphatic carbocycles. The molecule has 0 saturated carbocycles. The molecular weight excluding hydrogens is 326 g/mol. The maximum Gasteiger partial charge on any atom is 0.294 e. The van der Waals surface area contributed by atoms with Crippen molar-refractivity contribution in [2.75, 3.05) is 31.5 Å². The first-order valence-corrected chi connectivity index (χ1v) is 7.69. The standard InChI is InChI=1S/C17H21N3O5/c1-10(2)13-8-15(25-20-13)17(22)19-14-7-11(24-4)5-6-12(14)18-16(21)9-23-3/h5-8,10H,9H2,1-4H3,(H,18,21)(H,19,22). The van der Waals surface area contributed by atoms with Gasteiger partial charge in [0.15, 0.2) is 0 Å². The van der Waals surface area contributed by atoms with Crippen LogP contribution in [0.25, 0.3) is 0 Å². The number of aromatic nitrogens is 1. The summed E-state index contributed by atoms with van der Waals surface area (Å²) in [4.78, 5) is 24.1. The van der Waals surface area contributed by atoms with Gasteiger partial charge in [0.1, 0.15) is 12.4 Å². The van der Waals surface area contributed by atoms with Gasteiger partial charge in [-0.3, -0.25) is 9.59 Å². The number of hydrogen-bond donors (Lipinski definition) is 2. The predicted molar refractivity (Wildman–Crippen MR) is 92.0 cm³/mol. The van der Waals surface area contributed by atoms with Gasteiger partial charge in [0.05, 0.1) is 24.2 Å². The Kier molecular flexibility index (Phi) is 6.13. The molecule has 0 bridgehead atoms. The lowest BCUT2D eigenvalue weighted by Gasteiger charge is -2.13. The second kappa shape index (κ2) is 8.29. The number of anilines is 2. The van der Waals surface area contributed by atoms with E-state index in [1.165, 1.54) is 14.2 Å². The van der Waals surface area contributed by atoms with Crippen LogP contribution in [-0.4, -0.2) is 37.8 Å². The fourth-order valence-electron chi connectivity index (χ4n) is 2.03. The van der Waals surface area contributed by atoms with Gasteiger partial charge < -0.3 is 24.6 Å².